The third-order valence-corrected chi connectivity index (χ3v) is 3.45. The second kappa shape index (κ2) is 6.19. The van der Waals surface area contributed by atoms with Gasteiger partial charge in [-0.15, -0.1) is 0 Å². The summed E-state index contributed by atoms with van der Waals surface area (Å²) in [7, 11) is 0. The monoisotopic (exact) mass is 264 g/mol. The molecule has 1 unspecified atom stereocenters. The minimum Gasteiger partial charge on any atom is -0.387 e. The van der Waals surface area contributed by atoms with E-state index in [9.17, 15) is 5.11 Å². The van der Waals surface area contributed by atoms with Crippen LogP contribution in [0.25, 0.3) is 0 Å². The molecule has 1 aliphatic rings. The van der Waals surface area contributed by atoms with Gasteiger partial charge in [0.15, 0.2) is 0 Å². The molecule has 1 N–H and O–H groups in total. The largest absolute Gasteiger partial charge is 0.387 e. The Hall–Kier alpha value is -1.08. The Morgan fingerprint density at radius 3 is 2.89 bits per heavy atom. The van der Waals surface area contributed by atoms with Crippen LogP contribution in [-0.4, -0.2) is 29.1 Å². The fourth-order valence-electron chi connectivity index (χ4n) is 2.10. The third kappa shape index (κ3) is 3.71. The average Bonchev–Trinajstić information content (AvgIpc) is 3.18. The molecule has 4 heteroatoms. The maximum atomic E-state index is 10.2. The SMILES string of the molecule is N#CCCN(CC(O)c1cccc(Cl)c1)C1CC1. The standard InChI is InChI=1S/C14H17ClN2O/c15-12-4-1-3-11(9-12)14(18)10-17(8-2-7-16)13-5-6-13/h1,3-4,9,13-14,18H,2,5-6,8,10H2. The Morgan fingerprint density at radius 1 is 1.50 bits per heavy atom. The molecule has 2 rings (SSSR count). The number of rotatable bonds is 6. The smallest absolute Gasteiger partial charge is 0.0917 e. The molecular weight excluding hydrogens is 248 g/mol. The zero-order chi connectivity index (χ0) is 13.0. The lowest BCUT2D eigenvalue weighted by molar-refractivity contribution is 0.110. The highest BCUT2D eigenvalue weighted by Crippen LogP contribution is 2.29. The molecule has 1 fully saturated rings. The van der Waals surface area contributed by atoms with Crippen LogP contribution < -0.4 is 0 Å². The van der Waals surface area contributed by atoms with Gasteiger partial charge in [0.05, 0.1) is 12.2 Å². The highest BCUT2D eigenvalue weighted by molar-refractivity contribution is 6.30. The minimum absolute atomic E-state index is 0.513. The van der Waals surface area contributed by atoms with Crippen LogP contribution in [0.2, 0.25) is 5.02 Å². The fraction of sp³-hybridized carbons (Fsp3) is 0.500. The maximum absolute atomic E-state index is 10.2. The van der Waals surface area contributed by atoms with Crippen LogP contribution in [0.4, 0.5) is 0 Å². The lowest BCUT2D eigenvalue weighted by Crippen LogP contribution is -2.31. The van der Waals surface area contributed by atoms with Gasteiger partial charge in [-0.25, -0.2) is 0 Å². The van der Waals surface area contributed by atoms with E-state index < -0.39 is 6.10 Å². The van der Waals surface area contributed by atoms with Gasteiger partial charge in [-0.1, -0.05) is 23.7 Å². The molecule has 1 saturated carbocycles. The van der Waals surface area contributed by atoms with Crippen molar-refractivity contribution < 1.29 is 5.11 Å². The molecule has 0 aliphatic heterocycles. The normalized spacial score (nSPS) is 16.6. The summed E-state index contributed by atoms with van der Waals surface area (Å²) >= 11 is 5.92. The van der Waals surface area contributed by atoms with Gasteiger partial charge in [-0.2, -0.15) is 5.26 Å². The van der Waals surface area contributed by atoms with Gasteiger partial charge in [0.25, 0.3) is 0 Å². The zero-order valence-corrected chi connectivity index (χ0v) is 11.0. The van der Waals surface area contributed by atoms with Gasteiger partial charge < -0.3 is 5.11 Å². The van der Waals surface area contributed by atoms with Gasteiger partial charge in [0, 0.05) is 30.6 Å². The third-order valence-electron chi connectivity index (χ3n) is 3.21. The summed E-state index contributed by atoms with van der Waals surface area (Å²) < 4.78 is 0. The molecular formula is C14H17ClN2O. The number of hydrogen-bond acceptors (Lipinski definition) is 3. The van der Waals surface area contributed by atoms with E-state index in [0.29, 0.717) is 24.0 Å². The number of aliphatic hydroxyl groups is 1. The predicted octanol–water partition coefficient (Wildman–Crippen LogP) is 2.75. The molecule has 3 nitrogen and oxygen atoms in total. The molecule has 1 aromatic carbocycles. The van der Waals surface area contributed by atoms with Crippen molar-refractivity contribution in [1.29, 1.82) is 5.26 Å². The first kappa shape index (κ1) is 13.4. The van der Waals surface area contributed by atoms with Crippen LogP contribution in [0.15, 0.2) is 24.3 Å². The molecule has 0 heterocycles. The van der Waals surface area contributed by atoms with Gasteiger partial charge in [-0.05, 0) is 30.5 Å². The lowest BCUT2D eigenvalue weighted by atomic mass is 10.1. The highest BCUT2D eigenvalue weighted by Gasteiger charge is 2.30. The second-order valence-corrected chi connectivity index (χ2v) is 5.14. The molecule has 18 heavy (non-hydrogen) atoms. The van der Waals surface area contributed by atoms with Crippen molar-refractivity contribution in [3.63, 3.8) is 0 Å². The molecule has 0 saturated heterocycles. The maximum Gasteiger partial charge on any atom is 0.0917 e. The first-order valence-electron chi connectivity index (χ1n) is 6.25. The molecule has 0 bridgehead atoms. The predicted molar refractivity (Wildman–Crippen MR) is 71.2 cm³/mol. The van der Waals surface area contributed by atoms with E-state index >= 15 is 0 Å². The van der Waals surface area contributed by atoms with E-state index in [2.05, 4.69) is 11.0 Å². The second-order valence-electron chi connectivity index (χ2n) is 4.71. The highest BCUT2D eigenvalue weighted by atomic mass is 35.5. The van der Waals surface area contributed by atoms with E-state index in [-0.39, 0.29) is 0 Å². The van der Waals surface area contributed by atoms with Crippen LogP contribution in [0, 0.1) is 11.3 Å². The van der Waals surface area contributed by atoms with E-state index in [1.54, 1.807) is 12.1 Å². The van der Waals surface area contributed by atoms with Gasteiger partial charge in [0.1, 0.15) is 0 Å². The Labute approximate surface area is 113 Å². The number of halogens is 1. The Bertz CT molecular complexity index is 440. The van der Waals surface area contributed by atoms with Crippen molar-refractivity contribution in [1.82, 2.24) is 4.90 Å². The molecule has 0 radical (unpaired) electrons. The van der Waals surface area contributed by atoms with Gasteiger partial charge in [0.2, 0.25) is 0 Å². The first-order valence-corrected chi connectivity index (χ1v) is 6.63. The summed E-state index contributed by atoms with van der Waals surface area (Å²) in [5, 5.41) is 19.5. The van der Waals surface area contributed by atoms with E-state index in [1.807, 2.05) is 12.1 Å². The van der Waals surface area contributed by atoms with Crippen LogP contribution >= 0.6 is 11.6 Å². The zero-order valence-electron chi connectivity index (χ0n) is 10.2. The molecule has 0 spiro atoms. The molecule has 0 amide bonds. The molecule has 96 valence electrons. The minimum atomic E-state index is -0.539. The molecule has 1 atom stereocenters. The molecule has 1 aromatic rings. The van der Waals surface area contributed by atoms with Crippen molar-refractivity contribution in [2.75, 3.05) is 13.1 Å². The lowest BCUT2D eigenvalue weighted by Gasteiger charge is -2.24. The summed E-state index contributed by atoms with van der Waals surface area (Å²) in [5.74, 6) is 0. The van der Waals surface area contributed by atoms with Crippen LogP contribution in [0.3, 0.4) is 0 Å². The van der Waals surface area contributed by atoms with Crippen molar-refractivity contribution in [2.24, 2.45) is 0 Å². The summed E-state index contributed by atoms with van der Waals surface area (Å²) in [5.41, 5.74) is 0.838. The van der Waals surface area contributed by atoms with Crippen LogP contribution in [0.5, 0.6) is 0 Å². The average molecular weight is 265 g/mol. The van der Waals surface area contributed by atoms with Crippen molar-refractivity contribution in [3.05, 3.63) is 34.9 Å². The summed E-state index contributed by atoms with van der Waals surface area (Å²) in [6.07, 6.45) is 2.32. The van der Waals surface area contributed by atoms with Crippen LogP contribution in [0.1, 0.15) is 30.9 Å². The van der Waals surface area contributed by atoms with Crippen LogP contribution in [-0.2, 0) is 0 Å². The Balaban J connectivity index is 1.96. The van der Waals surface area contributed by atoms with Crippen molar-refractivity contribution in [2.45, 2.75) is 31.4 Å². The quantitative estimate of drug-likeness (QED) is 0.859. The summed E-state index contributed by atoms with van der Waals surface area (Å²) in [6, 6.07) is 10.0. The number of nitrogens with zero attached hydrogens (tertiary/aromatic N) is 2. The van der Waals surface area contributed by atoms with Crippen molar-refractivity contribution >= 4 is 11.6 Å². The Morgan fingerprint density at radius 2 is 2.28 bits per heavy atom. The first-order chi connectivity index (χ1) is 8.70. The number of hydrogen-bond donors (Lipinski definition) is 1. The fourth-order valence-corrected chi connectivity index (χ4v) is 2.30. The number of aliphatic hydroxyl groups excluding tert-OH is 1. The summed E-state index contributed by atoms with van der Waals surface area (Å²) in [6.45, 7) is 1.31. The van der Waals surface area contributed by atoms with E-state index in [4.69, 9.17) is 16.9 Å². The van der Waals surface area contributed by atoms with Gasteiger partial charge in [-0.3, -0.25) is 4.90 Å². The molecule has 0 aromatic heterocycles. The van der Waals surface area contributed by atoms with Crippen molar-refractivity contribution in [3.8, 4) is 6.07 Å². The van der Waals surface area contributed by atoms with Gasteiger partial charge >= 0.3 is 0 Å². The van der Waals surface area contributed by atoms with E-state index in [1.165, 1.54) is 12.8 Å². The number of benzene rings is 1. The Kier molecular flexibility index (Phi) is 4.60. The van der Waals surface area contributed by atoms with E-state index in [0.717, 1.165) is 12.1 Å². The molecule has 1 aliphatic carbocycles. The topological polar surface area (TPSA) is 47.3 Å². The summed E-state index contributed by atoms with van der Waals surface area (Å²) in [4.78, 5) is 2.20. The number of nitriles is 1.